The standard InChI is InChI=1S/C15H24N2S/c1-4-12-9-8-11(2)17(12)14-6-5-7-15(18-3)13(14)10-16/h5-7,11-12H,4,8-10,16H2,1-3H3. The second-order valence-corrected chi connectivity index (χ2v) is 5.91. The van der Waals surface area contributed by atoms with Crippen LogP contribution in [0.4, 0.5) is 5.69 Å². The lowest BCUT2D eigenvalue weighted by molar-refractivity contribution is 0.624. The molecule has 2 unspecified atom stereocenters. The molecule has 2 N–H and O–H groups in total. The summed E-state index contributed by atoms with van der Waals surface area (Å²) in [5.74, 6) is 0. The van der Waals surface area contributed by atoms with Crippen molar-refractivity contribution in [2.24, 2.45) is 5.73 Å². The van der Waals surface area contributed by atoms with Crippen molar-refractivity contribution in [2.45, 2.75) is 56.6 Å². The highest BCUT2D eigenvalue weighted by molar-refractivity contribution is 7.98. The van der Waals surface area contributed by atoms with Gasteiger partial charge in [0.1, 0.15) is 0 Å². The Bertz CT molecular complexity index is 405. The molecule has 1 saturated heterocycles. The van der Waals surface area contributed by atoms with E-state index < -0.39 is 0 Å². The monoisotopic (exact) mass is 264 g/mol. The highest BCUT2D eigenvalue weighted by Gasteiger charge is 2.30. The number of nitrogens with zero attached hydrogens (tertiary/aromatic N) is 1. The topological polar surface area (TPSA) is 29.3 Å². The Labute approximate surface area is 115 Å². The average Bonchev–Trinajstić information content (AvgIpc) is 2.78. The third-order valence-electron chi connectivity index (χ3n) is 4.07. The Hall–Kier alpha value is -0.670. The summed E-state index contributed by atoms with van der Waals surface area (Å²) in [5.41, 5.74) is 8.67. The van der Waals surface area contributed by atoms with Crippen LogP contribution in [0.1, 0.15) is 38.7 Å². The molecule has 0 bridgehead atoms. The van der Waals surface area contributed by atoms with Crippen LogP contribution < -0.4 is 10.6 Å². The van der Waals surface area contributed by atoms with Crippen molar-refractivity contribution in [3.8, 4) is 0 Å². The Morgan fingerprint density at radius 3 is 2.78 bits per heavy atom. The summed E-state index contributed by atoms with van der Waals surface area (Å²) >= 11 is 1.80. The molecule has 0 aromatic heterocycles. The van der Waals surface area contributed by atoms with Crippen LogP contribution >= 0.6 is 11.8 Å². The lowest BCUT2D eigenvalue weighted by atomic mass is 10.1. The van der Waals surface area contributed by atoms with Crippen molar-refractivity contribution < 1.29 is 0 Å². The van der Waals surface area contributed by atoms with Gasteiger partial charge in [0.15, 0.2) is 0 Å². The van der Waals surface area contributed by atoms with Gasteiger partial charge in [0.25, 0.3) is 0 Å². The minimum Gasteiger partial charge on any atom is -0.366 e. The summed E-state index contributed by atoms with van der Waals surface area (Å²) in [6.45, 7) is 5.25. The fraction of sp³-hybridized carbons (Fsp3) is 0.600. The van der Waals surface area contributed by atoms with Crippen LogP contribution in [0.5, 0.6) is 0 Å². The highest BCUT2D eigenvalue weighted by Crippen LogP contribution is 2.37. The fourth-order valence-electron chi connectivity index (χ4n) is 3.10. The Morgan fingerprint density at radius 1 is 1.39 bits per heavy atom. The van der Waals surface area contributed by atoms with E-state index in [1.165, 1.54) is 35.4 Å². The van der Waals surface area contributed by atoms with Crippen molar-refractivity contribution in [1.82, 2.24) is 0 Å². The van der Waals surface area contributed by atoms with Gasteiger partial charge >= 0.3 is 0 Å². The van der Waals surface area contributed by atoms with Crippen molar-refractivity contribution in [1.29, 1.82) is 0 Å². The van der Waals surface area contributed by atoms with Crippen LogP contribution in [0.15, 0.2) is 23.1 Å². The first kappa shape index (κ1) is 13.8. The number of nitrogens with two attached hydrogens (primary N) is 1. The molecule has 100 valence electrons. The van der Waals surface area contributed by atoms with Gasteiger partial charge in [0.2, 0.25) is 0 Å². The summed E-state index contributed by atoms with van der Waals surface area (Å²) in [5, 5.41) is 0. The molecular weight excluding hydrogens is 240 g/mol. The predicted octanol–water partition coefficient (Wildman–Crippen LogP) is 3.63. The molecule has 3 heteroatoms. The second-order valence-electron chi connectivity index (χ2n) is 5.06. The molecule has 0 aliphatic carbocycles. The van der Waals surface area contributed by atoms with E-state index in [4.69, 9.17) is 5.73 Å². The number of hydrogen-bond acceptors (Lipinski definition) is 3. The van der Waals surface area contributed by atoms with E-state index in [2.05, 4.69) is 43.2 Å². The number of anilines is 1. The lowest BCUT2D eigenvalue weighted by Gasteiger charge is -2.32. The molecule has 2 nitrogen and oxygen atoms in total. The van der Waals surface area contributed by atoms with Crippen LogP contribution in [0.3, 0.4) is 0 Å². The molecule has 1 aliphatic heterocycles. The molecule has 18 heavy (non-hydrogen) atoms. The van der Waals surface area contributed by atoms with E-state index in [0.717, 1.165) is 0 Å². The summed E-state index contributed by atoms with van der Waals surface area (Å²) < 4.78 is 0. The first-order valence-electron chi connectivity index (χ1n) is 6.87. The van der Waals surface area contributed by atoms with E-state index in [1.807, 2.05) is 0 Å². The van der Waals surface area contributed by atoms with Crippen molar-refractivity contribution in [3.63, 3.8) is 0 Å². The van der Waals surface area contributed by atoms with E-state index in [0.29, 0.717) is 18.6 Å². The largest absolute Gasteiger partial charge is 0.366 e. The molecule has 2 atom stereocenters. The SMILES string of the molecule is CCC1CCC(C)N1c1cccc(SC)c1CN. The number of rotatable bonds is 4. The van der Waals surface area contributed by atoms with Gasteiger partial charge in [-0.1, -0.05) is 13.0 Å². The van der Waals surface area contributed by atoms with E-state index in [-0.39, 0.29) is 0 Å². The second kappa shape index (κ2) is 5.98. The molecule has 1 fully saturated rings. The normalized spacial score (nSPS) is 23.7. The summed E-state index contributed by atoms with van der Waals surface area (Å²) in [4.78, 5) is 3.92. The molecule has 1 aromatic rings. The van der Waals surface area contributed by atoms with Crippen molar-refractivity contribution in [3.05, 3.63) is 23.8 Å². The first-order chi connectivity index (χ1) is 8.72. The van der Waals surface area contributed by atoms with E-state index in [9.17, 15) is 0 Å². The number of benzene rings is 1. The third-order valence-corrected chi connectivity index (χ3v) is 4.89. The molecule has 1 aliphatic rings. The maximum absolute atomic E-state index is 5.99. The van der Waals surface area contributed by atoms with Gasteiger partial charge in [-0.15, -0.1) is 11.8 Å². The molecule has 0 radical (unpaired) electrons. The van der Waals surface area contributed by atoms with E-state index in [1.54, 1.807) is 11.8 Å². The summed E-state index contributed by atoms with van der Waals surface area (Å²) in [6, 6.07) is 7.91. The third kappa shape index (κ3) is 2.39. The van der Waals surface area contributed by atoms with Crippen molar-refractivity contribution in [2.75, 3.05) is 11.2 Å². The van der Waals surface area contributed by atoms with Gasteiger partial charge in [-0.3, -0.25) is 0 Å². The quantitative estimate of drug-likeness (QED) is 0.842. The Morgan fingerprint density at radius 2 is 2.17 bits per heavy atom. The highest BCUT2D eigenvalue weighted by atomic mass is 32.2. The predicted molar refractivity (Wildman–Crippen MR) is 81.4 cm³/mol. The van der Waals surface area contributed by atoms with Gasteiger partial charge in [-0.05, 0) is 44.6 Å². The van der Waals surface area contributed by atoms with Gasteiger partial charge in [0, 0.05) is 34.8 Å². The summed E-state index contributed by atoms with van der Waals surface area (Å²) in [7, 11) is 0. The molecule has 1 heterocycles. The van der Waals surface area contributed by atoms with Crippen LogP contribution in [0.25, 0.3) is 0 Å². The molecule has 1 aromatic carbocycles. The zero-order chi connectivity index (χ0) is 13.1. The van der Waals surface area contributed by atoms with Crippen LogP contribution in [0, 0.1) is 0 Å². The molecule has 0 amide bonds. The zero-order valence-electron chi connectivity index (χ0n) is 11.6. The zero-order valence-corrected chi connectivity index (χ0v) is 12.5. The van der Waals surface area contributed by atoms with Crippen LogP contribution in [0.2, 0.25) is 0 Å². The van der Waals surface area contributed by atoms with Crippen LogP contribution in [-0.2, 0) is 6.54 Å². The van der Waals surface area contributed by atoms with E-state index >= 15 is 0 Å². The Balaban J connectivity index is 2.43. The van der Waals surface area contributed by atoms with Gasteiger partial charge in [-0.2, -0.15) is 0 Å². The smallest absolute Gasteiger partial charge is 0.0427 e. The van der Waals surface area contributed by atoms with Gasteiger partial charge in [-0.25, -0.2) is 0 Å². The fourth-order valence-corrected chi connectivity index (χ4v) is 3.75. The maximum Gasteiger partial charge on any atom is 0.0427 e. The minimum absolute atomic E-state index is 0.631. The maximum atomic E-state index is 5.99. The molecule has 0 saturated carbocycles. The lowest BCUT2D eigenvalue weighted by Crippen LogP contribution is -2.35. The van der Waals surface area contributed by atoms with Crippen molar-refractivity contribution >= 4 is 17.4 Å². The average molecular weight is 264 g/mol. The van der Waals surface area contributed by atoms with Gasteiger partial charge in [0.05, 0.1) is 0 Å². The summed E-state index contributed by atoms with van der Waals surface area (Å²) in [6.07, 6.45) is 5.96. The minimum atomic E-state index is 0.631. The molecular formula is C15H24N2S. The molecule has 2 rings (SSSR count). The van der Waals surface area contributed by atoms with Gasteiger partial charge < -0.3 is 10.6 Å². The number of thioether (sulfide) groups is 1. The number of hydrogen-bond donors (Lipinski definition) is 1. The molecule has 0 spiro atoms. The first-order valence-corrected chi connectivity index (χ1v) is 8.09. The Kier molecular flexibility index (Phi) is 4.57. The van der Waals surface area contributed by atoms with Crippen LogP contribution in [-0.4, -0.2) is 18.3 Å².